The summed E-state index contributed by atoms with van der Waals surface area (Å²) < 4.78 is 16.1. The quantitative estimate of drug-likeness (QED) is 0.172. The van der Waals surface area contributed by atoms with Gasteiger partial charge in [0.15, 0.2) is 0 Å². The number of phenols is 1. The van der Waals surface area contributed by atoms with Crippen LogP contribution in [-0.4, -0.2) is 39.8 Å². The summed E-state index contributed by atoms with van der Waals surface area (Å²) in [5, 5.41) is 23.6. The third-order valence-corrected chi connectivity index (χ3v) is 12.0. The van der Waals surface area contributed by atoms with Crippen molar-refractivity contribution >= 4 is 16.7 Å². The molecule has 0 spiro atoms. The van der Waals surface area contributed by atoms with Gasteiger partial charge in [-0.05, 0) is 107 Å². The average molecular weight is 634 g/mol. The largest absolute Gasteiger partial charge is 0.508 e. The molecule has 2 fully saturated rings. The number of unbranched alkanes of at least 4 members (excludes halogenated alkanes) is 2. The van der Waals surface area contributed by atoms with Crippen LogP contribution in [0.25, 0.3) is 10.8 Å². The van der Waals surface area contributed by atoms with Crippen LogP contribution in [0, 0.1) is 23.2 Å². The van der Waals surface area contributed by atoms with Gasteiger partial charge >= 0.3 is 0 Å². The van der Waals surface area contributed by atoms with Gasteiger partial charge in [-0.15, -0.1) is 0 Å². The smallest absolute Gasteiger partial charge is 0.227 e. The van der Waals surface area contributed by atoms with Crippen LogP contribution in [0.4, 0.5) is 4.39 Å². The van der Waals surface area contributed by atoms with Crippen LogP contribution in [0.3, 0.4) is 0 Å². The van der Waals surface area contributed by atoms with E-state index in [1.807, 2.05) is 47.4 Å². The van der Waals surface area contributed by atoms with E-state index in [9.17, 15) is 15.0 Å². The Bertz CT molecular complexity index is 1710. The summed E-state index contributed by atoms with van der Waals surface area (Å²) in [7, 11) is 0. The lowest BCUT2D eigenvalue weighted by atomic mass is 9.51. The second kappa shape index (κ2) is 13.4. The summed E-state index contributed by atoms with van der Waals surface area (Å²) in [6.45, 7) is 3.42. The highest BCUT2D eigenvalue weighted by Gasteiger charge is 2.59. The highest BCUT2D eigenvalue weighted by Crippen LogP contribution is 2.63. The number of halogens is 1. The number of nitrogens with zero attached hydrogens (tertiary/aromatic N) is 1. The van der Waals surface area contributed by atoms with Crippen molar-refractivity contribution in [3.8, 4) is 5.75 Å². The molecular formula is C42H48FNO3. The summed E-state index contributed by atoms with van der Waals surface area (Å²) in [6.07, 6.45) is 5.88. The zero-order chi connectivity index (χ0) is 32.5. The fourth-order valence-corrected chi connectivity index (χ4v) is 9.65. The van der Waals surface area contributed by atoms with Gasteiger partial charge < -0.3 is 15.1 Å². The maximum atomic E-state index is 16.1. The van der Waals surface area contributed by atoms with Gasteiger partial charge in [-0.3, -0.25) is 4.79 Å². The number of hydrogen-bond donors (Lipinski definition) is 2. The monoisotopic (exact) mass is 633 g/mol. The number of aromatic hydroxyl groups is 1. The highest BCUT2D eigenvalue weighted by atomic mass is 19.1. The number of fused-ring (bicyclic) bond motifs is 6. The Labute approximate surface area is 278 Å². The lowest BCUT2D eigenvalue weighted by molar-refractivity contribution is -0.131. The summed E-state index contributed by atoms with van der Waals surface area (Å²) in [5.74, 6) is 1.07. The van der Waals surface area contributed by atoms with Crippen LogP contribution in [0.15, 0.2) is 91.0 Å². The molecule has 3 aliphatic rings. The van der Waals surface area contributed by atoms with E-state index in [-0.39, 0.29) is 28.9 Å². The molecule has 7 rings (SSSR count). The van der Waals surface area contributed by atoms with Gasteiger partial charge in [0.1, 0.15) is 11.9 Å². The standard InChI is InChI=1S/C42H48FNO3/c1-42-26-37(43)41-35-18-17-34(45)25-33(35)24-32(40(41)36(42)19-20-38(42)46)14-6-3-9-21-44(27-28-10-4-2-5-11-28)39(47)23-29-15-16-30-12-7-8-13-31(30)22-29/h2,4-5,7-8,10-13,15-18,22,25,32,36-38,40-41,45-46H,3,6,9,14,19-21,23-24,26-27H2,1H3/t32-,36?,37+,38+,40?,41?,42+/m1/s1. The van der Waals surface area contributed by atoms with Crippen molar-refractivity contribution in [1.82, 2.24) is 4.90 Å². The molecule has 0 heterocycles. The molecule has 5 heteroatoms. The van der Waals surface area contributed by atoms with Gasteiger partial charge in [-0.1, -0.05) is 98.6 Å². The highest BCUT2D eigenvalue weighted by molar-refractivity contribution is 5.85. The Morgan fingerprint density at radius 3 is 2.51 bits per heavy atom. The third kappa shape index (κ3) is 6.44. The summed E-state index contributed by atoms with van der Waals surface area (Å²) >= 11 is 0. The van der Waals surface area contributed by atoms with Gasteiger partial charge in [-0.25, -0.2) is 4.39 Å². The van der Waals surface area contributed by atoms with E-state index in [2.05, 4.69) is 49.4 Å². The molecule has 2 saturated carbocycles. The lowest BCUT2D eigenvalue weighted by Gasteiger charge is -2.54. The van der Waals surface area contributed by atoms with Crippen molar-refractivity contribution in [2.45, 2.75) is 89.4 Å². The molecule has 3 unspecified atom stereocenters. The number of hydrogen-bond acceptors (Lipinski definition) is 3. The second-order valence-electron chi connectivity index (χ2n) is 14.9. The number of amides is 1. The van der Waals surface area contributed by atoms with E-state index >= 15 is 4.39 Å². The summed E-state index contributed by atoms with van der Waals surface area (Å²) in [6, 6.07) is 30.3. The van der Waals surface area contributed by atoms with E-state index < -0.39 is 12.3 Å². The number of alkyl halides is 1. The van der Waals surface area contributed by atoms with Crippen LogP contribution in [-0.2, 0) is 24.2 Å². The van der Waals surface area contributed by atoms with E-state index in [1.165, 1.54) is 5.39 Å². The minimum Gasteiger partial charge on any atom is -0.508 e. The number of aliphatic hydroxyl groups is 1. The van der Waals surface area contributed by atoms with E-state index in [0.29, 0.717) is 37.8 Å². The summed E-state index contributed by atoms with van der Waals surface area (Å²) in [5.41, 5.74) is 3.97. The van der Waals surface area contributed by atoms with Crippen molar-refractivity contribution < 1.29 is 19.4 Å². The van der Waals surface area contributed by atoms with Gasteiger partial charge in [0.05, 0.1) is 12.5 Å². The van der Waals surface area contributed by atoms with Crippen molar-refractivity contribution in [2.24, 2.45) is 23.2 Å². The van der Waals surface area contributed by atoms with Crippen molar-refractivity contribution in [1.29, 1.82) is 0 Å². The number of aliphatic hydroxyl groups excluding tert-OH is 1. The van der Waals surface area contributed by atoms with E-state index in [0.717, 1.165) is 72.6 Å². The zero-order valence-corrected chi connectivity index (χ0v) is 27.5. The Kier molecular flexibility index (Phi) is 9.11. The molecule has 4 aromatic rings. The number of carbonyl (C=O) groups is 1. The molecule has 0 aromatic heterocycles. The molecule has 0 saturated heterocycles. The number of phenolic OH excluding ortho intramolecular Hbond substituents is 1. The van der Waals surface area contributed by atoms with Crippen molar-refractivity contribution in [3.63, 3.8) is 0 Å². The van der Waals surface area contributed by atoms with Crippen LogP contribution >= 0.6 is 0 Å². The molecule has 0 bridgehead atoms. The molecule has 2 N–H and O–H groups in total. The molecule has 3 aliphatic carbocycles. The van der Waals surface area contributed by atoms with Crippen LogP contribution in [0.2, 0.25) is 0 Å². The van der Waals surface area contributed by atoms with Crippen molar-refractivity contribution in [2.75, 3.05) is 6.54 Å². The molecule has 4 nitrogen and oxygen atoms in total. The molecule has 1 amide bonds. The molecule has 47 heavy (non-hydrogen) atoms. The minimum atomic E-state index is -0.986. The molecular weight excluding hydrogens is 585 g/mol. The first kappa shape index (κ1) is 31.9. The lowest BCUT2D eigenvalue weighted by Crippen LogP contribution is -2.51. The van der Waals surface area contributed by atoms with Crippen molar-refractivity contribution in [3.05, 3.63) is 113 Å². The average Bonchev–Trinajstić information content (AvgIpc) is 3.36. The Hall–Kier alpha value is -3.70. The topological polar surface area (TPSA) is 60.8 Å². The van der Waals surface area contributed by atoms with Gasteiger partial charge in [0, 0.05) is 19.0 Å². The molecule has 0 aliphatic heterocycles. The number of benzene rings is 4. The number of carbonyl (C=O) groups excluding carboxylic acids is 1. The normalized spacial score (nSPS) is 28.0. The molecule has 246 valence electrons. The Morgan fingerprint density at radius 2 is 1.68 bits per heavy atom. The summed E-state index contributed by atoms with van der Waals surface area (Å²) in [4.78, 5) is 15.7. The fourth-order valence-electron chi connectivity index (χ4n) is 9.65. The van der Waals surface area contributed by atoms with Gasteiger partial charge in [0.25, 0.3) is 0 Å². The van der Waals surface area contributed by atoms with Gasteiger partial charge in [0.2, 0.25) is 5.91 Å². The minimum absolute atomic E-state index is 0.144. The first-order valence-electron chi connectivity index (χ1n) is 17.7. The predicted octanol–water partition coefficient (Wildman–Crippen LogP) is 8.77. The zero-order valence-electron chi connectivity index (χ0n) is 27.5. The predicted molar refractivity (Wildman–Crippen MR) is 186 cm³/mol. The SMILES string of the molecule is C[C@]12C[C@H](F)C3c4ccc(O)cc4C[C@@H](CCCCCN(Cc4ccccc4)C(=O)Cc4ccc5ccccc5c4)C3C1CC[C@@H]2O. The second-order valence-corrected chi connectivity index (χ2v) is 14.9. The maximum absolute atomic E-state index is 16.1. The Balaban J connectivity index is 1.02. The van der Waals surface area contributed by atoms with Crippen LogP contribution in [0.1, 0.15) is 80.0 Å². The first-order valence-corrected chi connectivity index (χ1v) is 17.7. The first-order chi connectivity index (χ1) is 22.8. The molecule has 0 radical (unpaired) electrons. The third-order valence-electron chi connectivity index (χ3n) is 12.0. The fraction of sp³-hybridized carbons (Fsp3) is 0.452. The Morgan fingerprint density at radius 1 is 0.894 bits per heavy atom. The van der Waals surface area contributed by atoms with E-state index in [1.54, 1.807) is 6.07 Å². The number of rotatable bonds is 10. The maximum Gasteiger partial charge on any atom is 0.227 e. The van der Waals surface area contributed by atoms with Gasteiger partial charge in [-0.2, -0.15) is 0 Å². The van der Waals surface area contributed by atoms with E-state index in [4.69, 9.17) is 0 Å². The van der Waals surface area contributed by atoms with Crippen LogP contribution < -0.4 is 0 Å². The van der Waals surface area contributed by atoms with Crippen LogP contribution in [0.5, 0.6) is 5.75 Å². The molecule has 4 aromatic carbocycles. The molecule has 7 atom stereocenters.